The van der Waals surface area contributed by atoms with E-state index in [2.05, 4.69) is 49.1 Å². The van der Waals surface area contributed by atoms with Gasteiger partial charge in [0.05, 0.1) is 11.9 Å². The number of hydrogen-bond acceptors (Lipinski definition) is 8. The van der Waals surface area contributed by atoms with Gasteiger partial charge < -0.3 is 20.4 Å². The van der Waals surface area contributed by atoms with Gasteiger partial charge in [0.2, 0.25) is 0 Å². The molecule has 0 saturated carbocycles. The van der Waals surface area contributed by atoms with E-state index in [1.54, 1.807) is 13.4 Å². The van der Waals surface area contributed by atoms with Crippen molar-refractivity contribution in [3.8, 4) is 11.3 Å². The Labute approximate surface area is 190 Å². The molecule has 0 amide bonds. The number of nitrogens with one attached hydrogen (secondary N) is 3. The van der Waals surface area contributed by atoms with Crippen LogP contribution < -0.4 is 16.0 Å². The van der Waals surface area contributed by atoms with E-state index in [0.717, 1.165) is 58.7 Å². The molecule has 0 spiro atoms. The van der Waals surface area contributed by atoms with E-state index < -0.39 is 0 Å². The Balaban J connectivity index is 1.47. The maximum Gasteiger partial charge on any atom is 0.295 e. The van der Waals surface area contributed by atoms with Gasteiger partial charge in [-0.25, -0.2) is 14.6 Å². The van der Waals surface area contributed by atoms with Gasteiger partial charge in [0, 0.05) is 26.2 Å². The lowest BCUT2D eigenvalue weighted by Gasteiger charge is -2.18. The van der Waals surface area contributed by atoms with E-state index in [4.69, 9.17) is 9.52 Å². The number of anilines is 2. The molecule has 4 heterocycles. The summed E-state index contributed by atoms with van der Waals surface area (Å²) in [5.41, 5.74) is 8.02. The van der Waals surface area contributed by atoms with Crippen LogP contribution >= 0.6 is 0 Å². The van der Waals surface area contributed by atoms with Gasteiger partial charge in [-0.3, -0.25) is 0 Å². The number of rotatable bonds is 5. The summed E-state index contributed by atoms with van der Waals surface area (Å²) in [7, 11) is 3.65. The van der Waals surface area contributed by atoms with E-state index >= 15 is 0 Å². The number of oxazole rings is 1. The Bertz CT molecular complexity index is 1490. The van der Waals surface area contributed by atoms with Crippen molar-refractivity contribution in [2.24, 2.45) is 0 Å². The van der Waals surface area contributed by atoms with Crippen molar-refractivity contribution < 1.29 is 4.42 Å². The summed E-state index contributed by atoms with van der Waals surface area (Å²) in [4.78, 5) is 13.5. The Morgan fingerprint density at radius 1 is 1.06 bits per heavy atom. The average molecular weight is 441 g/mol. The first-order valence-corrected chi connectivity index (χ1v) is 11.0. The monoisotopic (exact) mass is 440 g/mol. The molecule has 0 aliphatic carbocycles. The summed E-state index contributed by atoms with van der Waals surface area (Å²) >= 11 is 0. The fourth-order valence-electron chi connectivity index (χ4n) is 4.49. The Hall–Kier alpha value is -3.98. The summed E-state index contributed by atoms with van der Waals surface area (Å²) < 4.78 is 7.64. The second-order valence-corrected chi connectivity index (χ2v) is 8.16. The summed E-state index contributed by atoms with van der Waals surface area (Å²) in [5, 5.41) is 15.5. The predicted octanol–water partition coefficient (Wildman–Crippen LogP) is 3.41. The fraction of sp³-hybridized carbons (Fsp3) is 0.250. The maximum atomic E-state index is 5.68. The Morgan fingerprint density at radius 2 is 2.00 bits per heavy atom. The van der Waals surface area contributed by atoms with Gasteiger partial charge in [-0.05, 0) is 47.9 Å². The molecule has 9 nitrogen and oxygen atoms in total. The molecule has 5 aromatic rings. The van der Waals surface area contributed by atoms with Gasteiger partial charge in [0.15, 0.2) is 11.2 Å². The molecule has 0 atom stereocenters. The smallest absolute Gasteiger partial charge is 0.295 e. The van der Waals surface area contributed by atoms with Crippen molar-refractivity contribution >= 4 is 34.0 Å². The molecule has 1 aliphatic heterocycles. The number of nitrogens with zero attached hydrogens (tertiary/aromatic N) is 5. The molecular formula is C24H24N8O. The minimum atomic E-state index is 0.486. The molecule has 166 valence electrons. The Morgan fingerprint density at radius 3 is 2.88 bits per heavy atom. The molecule has 9 heteroatoms. The predicted molar refractivity (Wildman–Crippen MR) is 128 cm³/mol. The van der Waals surface area contributed by atoms with Gasteiger partial charge in [-0.1, -0.05) is 18.2 Å². The molecule has 0 bridgehead atoms. The van der Waals surface area contributed by atoms with Crippen molar-refractivity contribution in [1.82, 2.24) is 30.0 Å². The Kier molecular flexibility index (Phi) is 4.69. The van der Waals surface area contributed by atoms with Gasteiger partial charge in [0.25, 0.3) is 6.01 Å². The standard InChI is InChI=1S/C24H24N8O/c1-25-22-20-21(16-5-6-19-18(10-16)30-24(26-2)33-19)31-32(23(20)29-13-28-22)12-14-3-4-17-11-27-8-7-15(17)9-14/h3-6,9-10,13,27H,7-8,11-12H2,1-2H3,(H,26,30)(H,25,28,29). The molecule has 3 N–H and O–H groups in total. The quantitative estimate of drug-likeness (QED) is 0.382. The largest absolute Gasteiger partial charge is 0.424 e. The van der Waals surface area contributed by atoms with Crippen LogP contribution in [0.3, 0.4) is 0 Å². The van der Waals surface area contributed by atoms with Crippen LogP contribution in [0.15, 0.2) is 47.1 Å². The van der Waals surface area contributed by atoms with Crippen LogP contribution in [-0.4, -0.2) is 45.4 Å². The molecule has 3 aromatic heterocycles. The summed E-state index contributed by atoms with van der Waals surface area (Å²) in [5.74, 6) is 0.744. The van der Waals surface area contributed by atoms with E-state index in [9.17, 15) is 0 Å². The average Bonchev–Trinajstić information content (AvgIpc) is 3.44. The number of aromatic nitrogens is 5. The third kappa shape index (κ3) is 3.37. The third-order valence-electron chi connectivity index (χ3n) is 6.13. The minimum absolute atomic E-state index is 0.486. The van der Waals surface area contributed by atoms with Gasteiger partial charge in [0.1, 0.15) is 23.4 Å². The molecule has 2 aromatic carbocycles. The molecule has 6 rings (SSSR count). The molecule has 0 fully saturated rings. The highest BCUT2D eigenvalue weighted by Gasteiger charge is 2.19. The van der Waals surface area contributed by atoms with E-state index in [1.807, 2.05) is 29.9 Å². The topological polar surface area (TPSA) is 106 Å². The van der Waals surface area contributed by atoms with Crippen LogP contribution in [0.5, 0.6) is 0 Å². The number of fused-ring (bicyclic) bond motifs is 3. The van der Waals surface area contributed by atoms with Crippen LogP contribution in [0.25, 0.3) is 33.4 Å². The highest BCUT2D eigenvalue weighted by Crippen LogP contribution is 2.33. The zero-order valence-corrected chi connectivity index (χ0v) is 18.5. The third-order valence-corrected chi connectivity index (χ3v) is 6.13. The minimum Gasteiger partial charge on any atom is -0.424 e. The van der Waals surface area contributed by atoms with Crippen LogP contribution in [0.2, 0.25) is 0 Å². The fourth-order valence-corrected chi connectivity index (χ4v) is 4.49. The lowest BCUT2D eigenvalue weighted by Crippen LogP contribution is -2.23. The zero-order valence-electron chi connectivity index (χ0n) is 18.5. The first-order valence-electron chi connectivity index (χ1n) is 11.0. The summed E-state index contributed by atoms with van der Waals surface area (Å²) in [6.45, 7) is 2.58. The lowest BCUT2D eigenvalue weighted by atomic mass is 9.98. The lowest BCUT2D eigenvalue weighted by molar-refractivity contribution is 0.620. The van der Waals surface area contributed by atoms with E-state index in [1.165, 1.54) is 16.7 Å². The van der Waals surface area contributed by atoms with Crippen LogP contribution in [0.1, 0.15) is 16.7 Å². The highest BCUT2D eigenvalue weighted by atomic mass is 16.4. The van der Waals surface area contributed by atoms with Gasteiger partial charge >= 0.3 is 0 Å². The van der Waals surface area contributed by atoms with Crippen LogP contribution in [-0.2, 0) is 19.5 Å². The number of hydrogen-bond donors (Lipinski definition) is 3. The van der Waals surface area contributed by atoms with Gasteiger partial charge in [-0.15, -0.1) is 0 Å². The maximum absolute atomic E-state index is 5.68. The molecule has 33 heavy (non-hydrogen) atoms. The molecule has 0 unspecified atom stereocenters. The highest BCUT2D eigenvalue weighted by molar-refractivity contribution is 6.00. The zero-order chi connectivity index (χ0) is 22.4. The van der Waals surface area contributed by atoms with Crippen molar-refractivity contribution in [3.05, 3.63) is 59.4 Å². The normalized spacial score (nSPS) is 13.4. The first-order chi connectivity index (χ1) is 16.2. The second kappa shape index (κ2) is 7.86. The van der Waals surface area contributed by atoms with E-state index in [0.29, 0.717) is 12.6 Å². The molecule has 0 radical (unpaired) electrons. The van der Waals surface area contributed by atoms with Gasteiger partial charge in [-0.2, -0.15) is 10.1 Å². The molecular weight excluding hydrogens is 416 g/mol. The van der Waals surface area contributed by atoms with Crippen LogP contribution in [0, 0.1) is 0 Å². The van der Waals surface area contributed by atoms with E-state index in [-0.39, 0.29) is 0 Å². The SMILES string of the molecule is CNc1nc2cc(-c3nn(Cc4ccc5c(c4)CCNC5)c4ncnc(NC)c34)ccc2o1. The number of benzene rings is 2. The summed E-state index contributed by atoms with van der Waals surface area (Å²) in [6, 6.07) is 13.1. The van der Waals surface area contributed by atoms with Crippen molar-refractivity contribution in [1.29, 1.82) is 0 Å². The van der Waals surface area contributed by atoms with Crippen LogP contribution in [0.4, 0.5) is 11.8 Å². The first kappa shape index (κ1) is 19.7. The molecule has 0 saturated heterocycles. The van der Waals surface area contributed by atoms with Crippen molar-refractivity contribution in [3.63, 3.8) is 0 Å². The second-order valence-electron chi connectivity index (χ2n) is 8.16. The van der Waals surface area contributed by atoms with Crippen molar-refractivity contribution in [2.45, 2.75) is 19.5 Å². The summed E-state index contributed by atoms with van der Waals surface area (Å²) in [6.07, 6.45) is 2.63. The molecule has 1 aliphatic rings. The van der Waals surface area contributed by atoms with Crippen molar-refractivity contribution in [2.75, 3.05) is 31.3 Å².